The maximum absolute atomic E-state index is 6.26. The highest BCUT2D eigenvalue weighted by Crippen LogP contribution is 2.25. The monoisotopic (exact) mass is 371 g/mol. The fourth-order valence-electron chi connectivity index (χ4n) is 1.99. The summed E-state index contributed by atoms with van der Waals surface area (Å²) < 4.78 is 3.95. The maximum Gasteiger partial charge on any atom is 0.0596 e. The lowest BCUT2D eigenvalue weighted by Crippen LogP contribution is -2.15. The molecule has 0 fully saturated rings. The number of aromatic nitrogens is 2. The van der Waals surface area contributed by atoms with E-state index in [-0.39, 0.29) is 6.04 Å². The molecule has 2 N–H and O–H groups in total. The van der Waals surface area contributed by atoms with Gasteiger partial charge in [-0.05, 0) is 36.8 Å². The Balaban J connectivity index is 2.21. The number of rotatable bonds is 3. The average molecular weight is 373 g/mol. The molecule has 1 heterocycles. The number of nitrogens with two attached hydrogens (primary N) is 1. The third kappa shape index (κ3) is 3.22. The summed E-state index contributed by atoms with van der Waals surface area (Å²) in [5.41, 5.74) is 9.54. The zero-order valence-corrected chi connectivity index (χ0v) is 13.5. The van der Waals surface area contributed by atoms with E-state index in [1.165, 1.54) is 0 Å². The molecule has 0 spiro atoms. The van der Waals surface area contributed by atoms with E-state index in [2.05, 4.69) is 55.2 Å². The lowest BCUT2D eigenvalue weighted by Gasteiger charge is -2.13. The quantitative estimate of drug-likeness (QED) is 0.895. The van der Waals surface area contributed by atoms with E-state index in [4.69, 9.17) is 5.73 Å². The highest BCUT2D eigenvalue weighted by molar-refractivity contribution is 9.11. The molecule has 96 valence electrons. The van der Waals surface area contributed by atoms with Gasteiger partial charge >= 0.3 is 0 Å². The van der Waals surface area contributed by atoms with Gasteiger partial charge in [-0.2, -0.15) is 5.10 Å². The van der Waals surface area contributed by atoms with Gasteiger partial charge in [0.05, 0.1) is 5.69 Å². The zero-order chi connectivity index (χ0) is 13.3. The van der Waals surface area contributed by atoms with Crippen LogP contribution in [0.4, 0.5) is 0 Å². The first-order valence-corrected chi connectivity index (χ1v) is 7.25. The summed E-state index contributed by atoms with van der Waals surface area (Å²) in [6.45, 7) is 1.99. The van der Waals surface area contributed by atoms with Crippen LogP contribution in [0.15, 0.2) is 33.2 Å². The van der Waals surface area contributed by atoms with Crippen LogP contribution in [0.25, 0.3) is 0 Å². The molecule has 1 atom stereocenters. The number of hydrogen-bond acceptors (Lipinski definition) is 2. The summed E-state index contributed by atoms with van der Waals surface area (Å²) in [6, 6.07) is 8.16. The molecule has 18 heavy (non-hydrogen) atoms. The molecular formula is C13H15Br2N3. The zero-order valence-electron chi connectivity index (χ0n) is 10.3. The van der Waals surface area contributed by atoms with Gasteiger partial charge in [-0.15, -0.1) is 0 Å². The van der Waals surface area contributed by atoms with Gasteiger partial charge in [-0.25, -0.2) is 0 Å². The molecule has 0 saturated heterocycles. The van der Waals surface area contributed by atoms with Gasteiger partial charge in [-0.3, -0.25) is 4.68 Å². The molecular weight excluding hydrogens is 358 g/mol. The molecule has 0 amide bonds. The van der Waals surface area contributed by atoms with Gasteiger partial charge in [0.15, 0.2) is 0 Å². The topological polar surface area (TPSA) is 43.8 Å². The molecule has 0 aliphatic rings. The normalized spacial score (nSPS) is 12.7. The minimum Gasteiger partial charge on any atom is -0.324 e. The summed E-state index contributed by atoms with van der Waals surface area (Å²) in [4.78, 5) is 0. The lowest BCUT2D eigenvalue weighted by atomic mass is 10.0. The number of aryl methyl sites for hydroxylation is 2. The SMILES string of the molecule is Cc1cc(CC(N)c2cc(Br)cc(Br)c2)n(C)n1. The number of hydrogen-bond donors (Lipinski definition) is 1. The Morgan fingerprint density at radius 2 is 1.83 bits per heavy atom. The van der Waals surface area contributed by atoms with Gasteiger partial charge in [0.25, 0.3) is 0 Å². The number of halogens is 2. The first kappa shape index (κ1) is 13.8. The van der Waals surface area contributed by atoms with Crippen LogP contribution in [-0.4, -0.2) is 9.78 Å². The van der Waals surface area contributed by atoms with Crippen LogP contribution in [0.3, 0.4) is 0 Å². The molecule has 3 nitrogen and oxygen atoms in total. The summed E-state index contributed by atoms with van der Waals surface area (Å²) in [5.74, 6) is 0. The van der Waals surface area contributed by atoms with Gasteiger partial charge in [0, 0.05) is 34.1 Å². The maximum atomic E-state index is 6.26. The van der Waals surface area contributed by atoms with Gasteiger partial charge in [0.1, 0.15) is 0 Å². The van der Waals surface area contributed by atoms with E-state index in [1.54, 1.807) is 0 Å². The second-order valence-corrected chi connectivity index (χ2v) is 6.25. The third-order valence-corrected chi connectivity index (χ3v) is 3.76. The minimum atomic E-state index is -0.0337. The van der Waals surface area contributed by atoms with E-state index < -0.39 is 0 Å². The average Bonchev–Trinajstić information content (AvgIpc) is 2.56. The summed E-state index contributed by atoms with van der Waals surface area (Å²) in [5, 5.41) is 4.34. The van der Waals surface area contributed by atoms with Crippen molar-refractivity contribution in [1.29, 1.82) is 0 Å². The van der Waals surface area contributed by atoms with E-state index in [9.17, 15) is 0 Å². The molecule has 0 aliphatic carbocycles. The first-order valence-electron chi connectivity index (χ1n) is 5.67. The molecule has 0 saturated carbocycles. The second kappa shape index (κ2) is 5.55. The molecule has 5 heteroatoms. The van der Waals surface area contributed by atoms with Crippen LogP contribution >= 0.6 is 31.9 Å². The van der Waals surface area contributed by atoms with Gasteiger partial charge in [0.2, 0.25) is 0 Å². The molecule has 0 radical (unpaired) electrons. The number of benzene rings is 1. The lowest BCUT2D eigenvalue weighted by molar-refractivity contribution is 0.639. The Bertz CT molecular complexity index is 543. The fourth-order valence-corrected chi connectivity index (χ4v) is 3.32. The van der Waals surface area contributed by atoms with E-state index in [1.807, 2.05) is 24.7 Å². The first-order chi connectivity index (χ1) is 8.45. The van der Waals surface area contributed by atoms with Crippen molar-refractivity contribution in [3.63, 3.8) is 0 Å². The smallest absolute Gasteiger partial charge is 0.0596 e. The van der Waals surface area contributed by atoms with Crippen molar-refractivity contribution < 1.29 is 0 Å². The van der Waals surface area contributed by atoms with Crippen LogP contribution in [0.2, 0.25) is 0 Å². The summed E-state index contributed by atoms with van der Waals surface area (Å²) in [7, 11) is 1.95. The molecule has 2 rings (SSSR count). The van der Waals surface area contributed by atoms with Crippen molar-refractivity contribution >= 4 is 31.9 Å². The van der Waals surface area contributed by atoms with Crippen molar-refractivity contribution in [2.75, 3.05) is 0 Å². The molecule has 1 aromatic heterocycles. The van der Waals surface area contributed by atoms with Crippen molar-refractivity contribution in [3.8, 4) is 0 Å². The highest BCUT2D eigenvalue weighted by Gasteiger charge is 2.11. The Kier molecular flexibility index (Phi) is 4.25. The standard InChI is InChI=1S/C13H15Br2N3/c1-8-3-12(18(2)17-8)7-13(16)9-4-10(14)6-11(15)5-9/h3-6,13H,7,16H2,1-2H3. The van der Waals surface area contributed by atoms with E-state index in [0.29, 0.717) is 0 Å². The van der Waals surface area contributed by atoms with Crippen molar-refractivity contribution in [1.82, 2.24) is 9.78 Å². The molecule has 0 aliphatic heterocycles. The predicted molar refractivity (Wildman–Crippen MR) is 80.4 cm³/mol. The fraction of sp³-hybridized carbons (Fsp3) is 0.308. The summed E-state index contributed by atoms with van der Waals surface area (Å²) >= 11 is 6.96. The molecule has 1 aromatic carbocycles. The van der Waals surface area contributed by atoms with Crippen molar-refractivity contribution in [2.45, 2.75) is 19.4 Å². The molecule has 2 aromatic rings. The van der Waals surface area contributed by atoms with E-state index in [0.717, 1.165) is 32.3 Å². The number of nitrogens with zero attached hydrogens (tertiary/aromatic N) is 2. The largest absolute Gasteiger partial charge is 0.324 e. The van der Waals surface area contributed by atoms with Crippen molar-refractivity contribution in [2.24, 2.45) is 12.8 Å². The Morgan fingerprint density at radius 1 is 1.22 bits per heavy atom. The molecule has 0 bridgehead atoms. The van der Waals surface area contributed by atoms with Crippen LogP contribution in [0.5, 0.6) is 0 Å². The van der Waals surface area contributed by atoms with Crippen LogP contribution < -0.4 is 5.73 Å². The Hall–Kier alpha value is -0.650. The predicted octanol–water partition coefficient (Wildman–Crippen LogP) is 3.50. The second-order valence-electron chi connectivity index (χ2n) is 4.41. The van der Waals surface area contributed by atoms with Gasteiger partial charge < -0.3 is 5.73 Å². The van der Waals surface area contributed by atoms with Crippen molar-refractivity contribution in [3.05, 3.63) is 50.2 Å². The highest BCUT2D eigenvalue weighted by atomic mass is 79.9. The summed E-state index contributed by atoms with van der Waals surface area (Å²) in [6.07, 6.45) is 0.778. The van der Waals surface area contributed by atoms with Crippen LogP contribution in [0.1, 0.15) is 23.0 Å². The molecule has 1 unspecified atom stereocenters. The van der Waals surface area contributed by atoms with Crippen LogP contribution in [-0.2, 0) is 13.5 Å². The van der Waals surface area contributed by atoms with Crippen LogP contribution in [0, 0.1) is 6.92 Å². The van der Waals surface area contributed by atoms with E-state index >= 15 is 0 Å². The minimum absolute atomic E-state index is 0.0337. The van der Waals surface area contributed by atoms with Gasteiger partial charge in [-0.1, -0.05) is 31.9 Å². The Labute approximate surface area is 124 Å². The third-order valence-electron chi connectivity index (χ3n) is 2.84. The Morgan fingerprint density at radius 3 is 2.33 bits per heavy atom.